The van der Waals surface area contributed by atoms with E-state index in [4.69, 9.17) is 56.4 Å². The lowest BCUT2D eigenvalue weighted by atomic mass is 9.70. The lowest BCUT2D eigenvalue weighted by molar-refractivity contribution is -0.128. The quantitative estimate of drug-likeness (QED) is 0.120. The Bertz CT molecular complexity index is 4150. The van der Waals surface area contributed by atoms with Crippen LogP contribution in [0, 0.1) is 23.5 Å². The molecule has 8 aromatic rings. The summed E-state index contributed by atoms with van der Waals surface area (Å²) >= 11 is 25.6. The molecule has 3 N–H and O–H groups in total. The molecule has 8 atom stereocenters. The fourth-order valence-electron chi connectivity index (χ4n) is 15.7. The highest BCUT2D eigenvalue weighted by Gasteiger charge is 2.71. The number of aromatic carboxylic acids is 1. The van der Waals surface area contributed by atoms with Crippen LogP contribution in [-0.2, 0) is 33.8 Å². The van der Waals surface area contributed by atoms with E-state index in [2.05, 4.69) is 29.6 Å². The van der Waals surface area contributed by atoms with Gasteiger partial charge in [-0.2, -0.15) is 0 Å². The number of nitrogens with zero attached hydrogens (tertiary/aromatic N) is 6. The highest BCUT2D eigenvalue weighted by molar-refractivity contribution is 6.32. The van der Waals surface area contributed by atoms with Gasteiger partial charge in [0.05, 0.1) is 37.7 Å². The van der Waals surface area contributed by atoms with E-state index in [9.17, 15) is 24.3 Å². The number of benzene rings is 6. The average Bonchev–Trinajstić information content (AvgIpc) is 1.58. The summed E-state index contributed by atoms with van der Waals surface area (Å²) in [6.45, 7) is 4.66. The van der Waals surface area contributed by atoms with Crippen LogP contribution >= 0.6 is 46.4 Å². The number of halogens is 6. The number of aromatic nitrogens is 4. The van der Waals surface area contributed by atoms with Gasteiger partial charge in [0, 0.05) is 106 Å². The molecule has 83 heavy (non-hydrogen) atoms. The molecule has 8 heterocycles. The normalized spacial score (nSPS) is 26.5. The fraction of sp³-hybridized carbons (Fsp3) is 0.344. The molecule has 6 aromatic carbocycles. The Labute approximate surface area is 495 Å². The topological polar surface area (TPSA) is 155 Å². The van der Waals surface area contributed by atoms with Crippen LogP contribution in [0.5, 0.6) is 0 Å². The minimum atomic E-state index is -1.21. The number of nitrogens with one attached hydrogen (secondary N) is 2. The number of likely N-dealkylation sites (tertiary alicyclic amines) is 2. The third-order valence-corrected chi connectivity index (χ3v) is 20.5. The van der Waals surface area contributed by atoms with E-state index < -0.39 is 40.5 Å². The van der Waals surface area contributed by atoms with Crippen molar-refractivity contribution in [1.29, 1.82) is 0 Å². The first kappa shape index (κ1) is 53.0. The number of Topliss-reactive ketones (excluding diaryl/α,β-unsaturated/α-hetero) is 1. The van der Waals surface area contributed by atoms with Gasteiger partial charge in [0.15, 0.2) is 5.78 Å². The van der Waals surface area contributed by atoms with Gasteiger partial charge >= 0.3 is 5.97 Å². The first-order valence-corrected chi connectivity index (χ1v) is 30.0. The third kappa shape index (κ3) is 7.83. The zero-order valence-corrected chi connectivity index (χ0v) is 47.8. The highest BCUT2D eigenvalue weighted by Crippen LogP contribution is 2.67. The Morgan fingerprint density at radius 3 is 1.48 bits per heavy atom. The number of anilines is 2. The Morgan fingerprint density at radius 1 is 0.602 bits per heavy atom. The van der Waals surface area contributed by atoms with E-state index in [0.717, 1.165) is 84.4 Å². The second-order valence-corrected chi connectivity index (χ2v) is 25.4. The van der Waals surface area contributed by atoms with Crippen molar-refractivity contribution < 1.29 is 33.1 Å². The summed E-state index contributed by atoms with van der Waals surface area (Å²) in [5, 5.41) is 16.9. The average molecular weight is 1190 g/mol. The van der Waals surface area contributed by atoms with Gasteiger partial charge in [-0.05, 0) is 134 Å². The van der Waals surface area contributed by atoms with Crippen molar-refractivity contribution >= 4 is 103 Å². The number of amides is 2. The number of ketones is 1. The Balaban J connectivity index is 0.000000142. The van der Waals surface area contributed by atoms with E-state index in [1.54, 1.807) is 66.7 Å². The number of carboxylic acids is 1. The molecule has 8 aliphatic rings. The molecular weight excluding hydrogens is 1140 g/mol. The highest BCUT2D eigenvalue weighted by atomic mass is 35.5. The van der Waals surface area contributed by atoms with Crippen molar-refractivity contribution in [3.05, 3.63) is 186 Å². The molecule has 2 saturated heterocycles. The molecular formula is C64H54Cl4F2N8O5. The van der Waals surface area contributed by atoms with Crippen molar-refractivity contribution in [2.24, 2.45) is 11.8 Å². The van der Waals surface area contributed by atoms with E-state index in [0.29, 0.717) is 81.5 Å². The second kappa shape index (κ2) is 19.4. The van der Waals surface area contributed by atoms with Crippen LogP contribution in [0.25, 0.3) is 22.1 Å². The number of fused-ring (bicyclic) bond motifs is 14. The summed E-state index contributed by atoms with van der Waals surface area (Å²) in [4.78, 5) is 68.1. The number of aryl methyl sites for hydroxylation is 2. The van der Waals surface area contributed by atoms with Gasteiger partial charge in [0.1, 0.15) is 34.4 Å². The number of carboxylic acid groups (broad SMARTS) is 1. The first-order valence-electron chi connectivity index (χ1n) is 28.5. The van der Waals surface area contributed by atoms with Crippen LogP contribution in [0.15, 0.2) is 109 Å². The maximum atomic E-state index is 16.2. The molecule has 422 valence electrons. The van der Waals surface area contributed by atoms with Crippen LogP contribution in [0.4, 0.5) is 20.2 Å². The van der Waals surface area contributed by atoms with Crippen molar-refractivity contribution in [2.75, 3.05) is 23.7 Å². The zero-order valence-electron chi connectivity index (χ0n) is 44.8. The van der Waals surface area contributed by atoms with Crippen LogP contribution in [0.3, 0.4) is 0 Å². The predicted octanol–water partition coefficient (Wildman–Crippen LogP) is 13.7. The number of rotatable bonds is 9. The van der Waals surface area contributed by atoms with Crippen molar-refractivity contribution in [3.8, 4) is 0 Å². The molecule has 2 aliphatic carbocycles. The molecule has 2 amide bonds. The Hall–Kier alpha value is -6.72. The monoisotopic (exact) mass is 1190 g/mol. The summed E-state index contributed by atoms with van der Waals surface area (Å²) in [6.07, 6.45) is 6.33. The number of carbonyl (C=O) groups is 4. The summed E-state index contributed by atoms with van der Waals surface area (Å²) in [7, 11) is 0. The molecule has 6 aliphatic heterocycles. The number of hydrogen-bond donors (Lipinski definition) is 3. The number of imidazole rings is 2. The number of carbonyl (C=O) groups excluding carboxylic acids is 3. The Kier molecular flexibility index (Phi) is 12.4. The molecule has 16 rings (SSSR count). The molecule has 2 spiro atoms. The van der Waals surface area contributed by atoms with Crippen LogP contribution in [0.1, 0.15) is 130 Å². The van der Waals surface area contributed by atoms with E-state index in [-0.39, 0.29) is 57.1 Å². The standard InChI is InChI=1S/C33H29Cl2FN4O2.C31H25Cl2FN4O3/c1-2-27(41)18-8-11-25-24(14-18)37-31-28-26(12-13-39(25)31)40(16-17-6-7-17)33(29(28)20-4-3-5-22(35)30(20)36)21-10-9-19(34)15-23(21)38-32(33)42;32-17-7-8-19-21(13-17)36-30(41)31(19)26(18-2-1-3-20(33)27(18)34)25-24(38(31)14-15-4-5-15)10-11-37-23-9-6-16(29(39)40)12-22(23)35-28(25)37/h3-5,8-11,14-15,17,26,28-29H,2,6-7,12-13,16H2,1H3,(H,38,42);1-3,6-9,12-13,15,24-26H,4-5,10-11,14H2,(H,36,41)(H,39,40)/t26-,28+,29-,33+;24-,25+,26-,31+/m00/s1. The molecule has 0 unspecified atom stereocenters. The van der Waals surface area contributed by atoms with Crippen LogP contribution in [-0.4, -0.2) is 82.7 Å². The fourth-order valence-corrected chi connectivity index (χ4v) is 16.4. The van der Waals surface area contributed by atoms with Crippen molar-refractivity contribution in [1.82, 2.24) is 28.9 Å². The molecule has 0 radical (unpaired) electrons. The Morgan fingerprint density at radius 2 is 1.05 bits per heavy atom. The van der Waals surface area contributed by atoms with Gasteiger partial charge in [-0.15, -0.1) is 0 Å². The maximum absolute atomic E-state index is 16.2. The molecule has 2 saturated carbocycles. The summed E-state index contributed by atoms with van der Waals surface area (Å²) < 4.78 is 36.7. The van der Waals surface area contributed by atoms with E-state index in [1.165, 1.54) is 6.07 Å². The second-order valence-electron chi connectivity index (χ2n) is 23.7. The van der Waals surface area contributed by atoms with Crippen LogP contribution in [0.2, 0.25) is 20.1 Å². The predicted molar refractivity (Wildman–Crippen MR) is 314 cm³/mol. The van der Waals surface area contributed by atoms with Crippen molar-refractivity contribution in [3.63, 3.8) is 0 Å². The molecule has 2 aromatic heterocycles. The molecule has 4 fully saturated rings. The summed E-state index contributed by atoms with van der Waals surface area (Å²) in [6, 6.07) is 31.5. The van der Waals surface area contributed by atoms with Gasteiger partial charge < -0.3 is 24.9 Å². The lowest BCUT2D eigenvalue weighted by Crippen LogP contribution is -2.53. The van der Waals surface area contributed by atoms with E-state index >= 15 is 8.78 Å². The largest absolute Gasteiger partial charge is 0.478 e. The number of hydrogen-bond acceptors (Lipinski definition) is 8. The van der Waals surface area contributed by atoms with Gasteiger partial charge in [-0.25, -0.2) is 23.5 Å². The molecule has 13 nitrogen and oxygen atoms in total. The minimum absolute atomic E-state index is 0.00000926. The SMILES string of the molecule is CCC(=O)c1ccc2c(c1)nc1n2CC[C@H]2[C@@H]1[C@H](c1cccc(Cl)c1F)[C@]1(C(=O)Nc3cc(Cl)ccc31)N2CC1CC1.O=C(O)c1ccc2c(c1)nc1n2CC[C@H]2[C@@H]1[C@H](c1cccc(Cl)c1F)[C@]1(C(=O)Nc3cc(Cl)ccc31)N2CC1CC1. The zero-order chi connectivity index (χ0) is 57.1. The maximum Gasteiger partial charge on any atom is 0.335 e. The van der Waals surface area contributed by atoms with Gasteiger partial charge in [-0.1, -0.05) is 89.7 Å². The summed E-state index contributed by atoms with van der Waals surface area (Å²) in [5.74, 6) is -1.79. The minimum Gasteiger partial charge on any atom is -0.478 e. The van der Waals surface area contributed by atoms with Crippen LogP contribution < -0.4 is 10.6 Å². The molecule has 19 heteroatoms. The van der Waals surface area contributed by atoms with Crippen molar-refractivity contribution in [2.45, 2.75) is 112 Å². The smallest absolute Gasteiger partial charge is 0.335 e. The molecule has 0 bridgehead atoms. The van der Waals surface area contributed by atoms with Gasteiger partial charge in [-0.3, -0.25) is 24.2 Å². The van der Waals surface area contributed by atoms with Gasteiger partial charge in [0.25, 0.3) is 0 Å². The first-order chi connectivity index (χ1) is 40.1. The summed E-state index contributed by atoms with van der Waals surface area (Å²) in [5.41, 5.74) is 5.17. The lowest BCUT2D eigenvalue weighted by Gasteiger charge is -2.40. The third-order valence-electron chi connectivity index (χ3n) is 19.4. The van der Waals surface area contributed by atoms with E-state index in [1.807, 2.05) is 43.3 Å². The van der Waals surface area contributed by atoms with Gasteiger partial charge in [0.2, 0.25) is 11.8 Å².